The highest BCUT2D eigenvalue weighted by Crippen LogP contribution is 2.32. The van der Waals surface area contributed by atoms with Crippen LogP contribution < -0.4 is 0 Å². The molecule has 0 bridgehead atoms. The van der Waals surface area contributed by atoms with Gasteiger partial charge in [-0.05, 0) is 51.4 Å². The lowest BCUT2D eigenvalue weighted by Crippen LogP contribution is -2.29. The molecule has 1 fully saturated rings. The van der Waals surface area contributed by atoms with Crippen LogP contribution in [0.25, 0.3) is 0 Å². The Morgan fingerprint density at radius 3 is 2.38 bits per heavy atom. The average molecular weight is 346 g/mol. The monoisotopic (exact) mass is 346 g/mol. The number of amidine groups is 1. The Kier molecular flexibility index (Phi) is 5.18. The zero-order chi connectivity index (χ0) is 17.2. The molecule has 1 aromatic rings. The van der Waals surface area contributed by atoms with Gasteiger partial charge in [0, 0.05) is 11.3 Å². The number of nitrogens with zero attached hydrogens (tertiary/aromatic N) is 2. The standard InChI is InChI=1S/C19H26N2O2S/c1-14(2)24(22,23)13-15-8-10-16(11-9-15)18-12-20-19(21-18)17-6-4-3-5-7-17/h3-7,14-16H,8-13H2,1-2H3. The zero-order valence-electron chi connectivity index (χ0n) is 14.5. The molecule has 1 heterocycles. The number of benzene rings is 1. The Morgan fingerprint density at radius 1 is 1.08 bits per heavy atom. The molecule has 24 heavy (non-hydrogen) atoms. The van der Waals surface area contributed by atoms with E-state index in [0.29, 0.717) is 24.1 Å². The van der Waals surface area contributed by atoms with Crippen LogP contribution in [-0.2, 0) is 9.84 Å². The van der Waals surface area contributed by atoms with Gasteiger partial charge in [-0.25, -0.2) is 13.4 Å². The Labute approximate surface area is 145 Å². The molecule has 0 N–H and O–H groups in total. The molecular weight excluding hydrogens is 320 g/mol. The average Bonchev–Trinajstić information content (AvgIpc) is 3.06. The molecule has 1 aliphatic heterocycles. The van der Waals surface area contributed by atoms with Crippen molar-refractivity contribution >= 4 is 21.4 Å². The molecule has 0 amide bonds. The maximum Gasteiger partial charge on any atom is 0.154 e. The first-order valence-electron chi connectivity index (χ1n) is 8.84. The number of sulfone groups is 1. The molecule has 0 atom stereocenters. The van der Waals surface area contributed by atoms with Crippen molar-refractivity contribution in [1.29, 1.82) is 0 Å². The van der Waals surface area contributed by atoms with Crippen molar-refractivity contribution in [2.45, 2.75) is 44.8 Å². The van der Waals surface area contributed by atoms with Gasteiger partial charge in [-0.1, -0.05) is 30.3 Å². The summed E-state index contributed by atoms with van der Waals surface area (Å²) < 4.78 is 24.2. The predicted molar refractivity (Wildman–Crippen MR) is 99.7 cm³/mol. The van der Waals surface area contributed by atoms with Gasteiger partial charge >= 0.3 is 0 Å². The molecular formula is C19H26N2O2S. The highest BCUT2D eigenvalue weighted by atomic mass is 32.2. The van der Waals surface area contributed by atoms with E-state index in [1.54, 1.807) is 13.8 Å². The number of hydrogen-bond acceptors (Lipinski definition) is 4. The fourth-order valence-corrected chi connectivity index (χ4v) is 4.88. The van der Waals surface area contributed by atoms with E-state index >= 15 is 0 Å². The maximum absolute atomic E-state index is 12.1. The highest BCUT2D eigenvalue weighted by molar-refractivity contribution is 7.91. The second-order valence-electron chi connectivity index (χ2n) is 7.20. The molecule has 0 unspecified atom stereocenters. The first-order valence-corrected chi connectivity index (χ1v) is 10.6. The fraction of sp³-hybridized carbons (Fsp3) is 0.579. The number of rotatable bonds is 5. The van der Waals surface area contributed by atoms with Crippen LogP contribution in [0.4, 0.5) is 0 Å². The van der Waals surface area contributed by atoms with Crippen molar-refractivity contribution in [1.82, 2.24) is 0 Å². The third-order valence-electron chi connectivity index (χ3n) is 5.18. The Bertz CT molecular complexity index is 728. The topological polar surface area (TPSA) is 58.9 Å². The summed E-state index contributed by atoms with van der Waals surface area (Å²) in [6, 6.07) is 10.1. The fourth-order valence-electron chi connectivity index (χ4n) is 3.51. The van der Waals surface area contributed by atoms with Gasteiger partial charge in [0.1, 0.15) is 0 Å². The molecule has 5 heteroatoms. The summed E-state index contributed by atoms with van der Waals surface area (Å²) in [7, 11) is -2.93. The SMILES string of the molecule is CC(C)S(=O)(=O)CC1CCC(C2=NC(c3ccccc3)=NC2)CC1. The molecule has 4 nitrogen and oxygen atoms in total. The van der Waals surface area contributed by atoms with E-state index in [4.69, 9.17) is 4.99 Å². The molecule has 0 aromatic heterocycles. The molecule has 0 spiro atoms. The van der Waals surface area contributed by atoms with Crippen LogP contribution >= 0.6 is 0 Å². The summed E-state index contributed by atoms with van der Waals surface area (Å²) in [6.45, 7) is 4.25. The molecule has 130 valence electrons. The summed E-state index contributed by atoms with van der Waals surface area (Å²) >= 11 is 0. The predicted octanol–water partition coefficient (Wildman–Crippen LogP) is 3.52. The minimum atomic E-state index is -2.93. The summed E-state index contributed by atoms with van der Waals surface area (Å²) in [5.74, 6) is 1.96. The lowest BCUT2D eigenvalue weighted by molar-refractivity contribution is 0.343. The minimum Gasteiger partial charge on any atom is -0.260 e. The Morgan fingerprint density at radius 2 is 1.75 bits per heavy atom. The maximum atomic E-state index is 12.1. The van der Waals surface area contributed by atoms with Crippen LogP contribution in [0.2, 0.25) is 0 Å². The van der Waals surface area contributed by atoms with Gasteiger partial charge in [0.2, 0.25) is 0 Å². The van der Waals surface area contributed by atoms with Crippen LogP contribution in [0, 0.1) is 11.8 Å². The van der Waals surface area contributed by atoms with Gasteiger partial charge in [0.05, 0.1) is 17.5 Å². The van der Waals surface area contributed by atoms with Crippen molar-refractivity contribution < 1.29 is 8.42 Å². The van der Waals surface area contributed by atoms with Gasteiger partial charge in [-0.3, -0.25) is 4.99 Å². The minimum absolute atomic E-state index is 0.267. The quantitative estimate of drug-likeness (QED) is 0.819. The molecule has 1 saturated carbocycles. The van der Waals surface area contributed by atoms with E-state index in [1.165, 1.54) is 5.71 Å². The smallest absolute Gasteiger partial charge is 0.154 e. The van der Waals surface area contributed by atoms with Gasteiger partial charge < -0.3 is 0 Å². The largest absolute Gasteiger partial charge is 0.260 e. The molecule has 2 aliphatic rings. The Balaban J connectivity index is 1.57. The summed E-state index contributed by atoms with van der Waals surface area (Å²) in [5.41, 5.74) is 2.25. The van der Waals surface area contributed by atoms with Crippen molar-refractivity contribution in [3.63, 3.8) is 0 Å². The van der Waals surface area contributed by atoms with Crippen LogP contribution in [0.1, 0.15) is 45.1 Å². The van der Waals surface area contributed by atoms with E-state index in [0.717, 1.165) is 37.1 Å². The summed E-state index contributed by atoms with van der Waals surface area (Å²) in [4.78, 5) is 9.34. The number of aliphatic imine (C=N–C) groups is 2. The molecule has 1 aromatic carbocycles. The van der Waals surface area contributed by atoms with E-state index in [1.807, 2.05) is 30.3 Å². The molecule has 0 radical (unpaired) electrons. The van der Waals surface area contributed by atoms with E-state index < -0.39 is 9.84 Å². The van der Waals surface area contributed by atoms with Crippen molar-refractivity contribution in [3.05, 3.63) is 35.9 Å². The van der Waals surface area contributed by atoms with Crippen LogP contribution in [-0.4, -0.2) is 37.5 Å². The van der Waals surface area contributed by atoms with E-state index in [-0.39, 0.29) is 5.25 Å². The lowest BCUT2D eigenvalue weighted by atomic mass is 9.80. The van der Waals surface area contributed by atoms with E-state index in [2.05, 4.69) is 4.99 Å². The van der Waals surface area contributed by atoms with Crippen LogP contribution in [0.15, 0.2) is 40.3 Å². The first-order chi connectivity index (χ1) is 11.5. The van der Waals surface area contributed by atoms with Crippen molar-refractivity contribution in [3.8, 4) is 0 Å². The van der Waals surface area contributed by atoms with Gasteiger partial charge in [-0.15, -0.1) is 0 Å². The molecule has 3 rings (SSSR count). The van der Waals surface area contributed by atoms with Crippen LogP contribution in [0.5, 0.6) is 0 Å². The van der Waals surface area contributed by atoms with Crippen molar-refractivity contribution in [2.24, 2.45) is 21.8 Å². The summed E-state index contributed by atoms with van der Waals surface area (Å²) in [5, 5.41) is -0.267. The second-order valence-corrected chi connectivity index (χ2v) is 9.81. The second kappa shape index (κ2) is 7.18. The Hall–Kier alpha value is -1.49. The first kappa shape index (κ1) is 17.3. The molecule has 0 saturated heterocycles. The van der Waals surface area contributed by atoms with Gasteiger partial charge in [0.25, 0.3) is 0 Å². The highest BCUT2D eigenvalue weighted by Gasteiger charge is 2.30. The zero-order valence-corrected chi connectivity index (χ0v) is 15.3. The third kappa shape index (κ3) is 3.94. The van der Waals surface area contributed by atoms with Crippen molar-refractivity contribution in [2.75, 3.05) is 12.3 Å². The van der Waals surface area contributed by atoms with E-state index in [9.17, 15) is 8.42 Å². The van der Waals surface area contributed by atoms with Crippen LogP contribution in [0.3, 0.4) is 0 Å². The summed E-state index contributed by atoms with van der Waals surface area (Å²) in [6.07, 6.45) is 4.04. The normalized spacial score (nSPS) is 24.8. The third-order valence-corrected chi connectivity index (χ3v) is 7.55. The lowest BCUT2D eigenvalue weighted by Gasteiger charge is -2.28. The van der Waals surface area contributed by atoms with Gasteiger partial charge in [-0.2, -0.15) is 0 Å². The number of hydrogen-bond donors (Lipinski definition) is 0. The molecule has 1 aliphatic carbocycles. The van der Waals surface area contributed by atoms with Gasteiger partial charge in [0.15, 0.2) is 15.7 Å².